The number of halogens is 1. The molecule has 0 spiro atoms. The van der Waals surface area contributed by atoms with Crippen molar-refractivity contribution in [1.29, 1.82) is 0 Å². The predicted octanol–water partition coefficient (Wildman–Crippen LogP) is 4.09. The molecule has 0 aliphatic rings. The van der Waals surface area contributed by atoms with E-state index in [9.17, 15) is 0 Å². The molecule has 2 rings (SSSR count). The minimum Gasteiger partial charge on any atom is -0.487 e. The standard InChI is InChI=1S/C14H16ClNOS/c1-2-16-9-11-5-6-14(13(15)8-11)17-10-12-4-3-7-18-12/h3-8,16H,2,9-10H2,1H3. The SMILES string of the molecule is CCNCc1ccc(OCc2cccs2)c(Cl)c1. The van der Waals surface area contributed by atoms with Gasteiger partial charge in [0, 0.05) is 11.4 Å². The summed E-state index contributed by atoms with van der Waals surface area (Å²) >= 11 is 7.88. The monoisotopic (exact) mass is 281 g/mol. The largest absolute Gasteiger partial charge is 0.487 e. The van der Waals surface area contributed by atoms with Crippen molar-refractivity contribution in [3.05, 3.63) is 51.2 Å². The molecule has 0 radical (unpaired) electrons. The normalized spacial score (nSPS) is 10.6. The highest BCUT2D eigenvalue weighted by Crippen LogP contribution is 2.26. The number of benzene rings is 1. The van der Waals surface area contributed by atoms with Crippen LogP contribution in [0.3, 0.4) is 0 Å². The van der Waals surface area contributed by atoms with Crippen LogP contribution in [-0.2, 0) is 13.2 Å². The van der Waals surface area contributed by atoms with Gasteiger partial charge in [0.2, 0.25) is 0 Å². The molecule has 1 heterocycles. The van der Waals surface area contributed by atoms with E-state index in [2.05, 4.69) is 18.3 Å². The molecule has 1 N–H and O–H groups in total. The molecule has 1 aromatic heterocycles. The second-order valence-corrected chi connectivity index (χ2v) is 5.35. The van der Waals surface area contributed by atoms with Gasteiger partial charge in [0.15, 0.2) is 0 Å². The summed E-state index contributed by atoms with van der Waals surface area (Å²) in [6, 6.07) is 10.00. The van der Waals surface area contributed by atoms with Crippen molar-refractivity contribution in [2.45, 2.75) is 20.1 Å². The zero-order chi connectivity index (χ0) is 12.8. The Morgan fingerprint density at radius 1 is 1.33 bits per heavy atom. The van der Waals surface area contributed by atoms with Crippen LogP contribution in [0.15, 0.2) is 35.7 Å². The first-order valence-electron chi connectivity index (χ1n) is 5.94. The Morgan fingerprint density at radius 3 is 2.89 bits per heavy atom. The quantitative estimate of drug-likeness (QED) is 0.861. The molecule has 0 aliphatic carbocycles. The average Bonchev–Trinajstić information content (AvgIpc) is 2.88. The van der Waals surface area contributed by atoms with Gasteiger partial charge < -0.3 is 10.1 Å². The zero-order valence-electron chi connectivity index (χ0n) is 10.3. The topological polar surface area (TPSA) is 21.3 Å². The van der Waals surface area contributed by atoms with Crippen LogP contribution in [0.2, 0.25) is 5.02 Å². The number of hydrogen-bond acceptors (Lipinski definition) is 3. The molecule has 2 aromatic rings. The van der Waals surface area contributed by atoms with E-state index in [0.29, 0.717) is 11.6 Å². The van der Waals surface area contributed by atoms with E-state index in [1.165, 1.54) is 10.4 Å². The smallest absolute Gasteiger partial charge is 0.138 e. The van der Waals surface area contributed by atoms with E-state index in [1.807, 2.05) is 29.6 Å². The summed E-state index contributed by atoms with van der Waals surface area (Å²) in [4.78, 5) is 1.20. The van der Waals surface area contributed by atoms with Crippen molar-refractivity contribution < 1.29 is 4.74 Å². The van der Waals surface area contributed by atoms with Gasteiger partial charge in [0.1, 0.15) is 12.4 Å². The van der Waals surface area contributed by atoms with Gasteiger partial charge in [0.25, 0.3) is 0 Å². The molecule has 0 unspecified atom stereocenters. The van der Waals surface area contributed by atoms with Crippen molar-refractivity contribution in [3.63, 3.8) is 0 Å². The van der Waals surface area contributed by atoms with Crippen LogP contribution in [0.25, 0.3) is 0 Å². The van der Waals surface area contributed by atoms with E-state index in [4.69, 9.17) is 16.3 Å². The van der Waals surface area contributed by atoms with E-state index in [-0.39, 0.29) is 0 Å². The maximum Gasteiger partial charge on any atom is 0.138 e. The maximum absolute atomic E-state index is 6.20. The van der Waals surface area contributed by atoms with E-state index in [1.54, 1.807) is 11.3 Å². The molecule has 96 valence electrons. The summed E-state index contributed by atoms with van der Waals surface area (Å²) in [7, 11) is 0. The Morgan fingerprint density at radius 2 is 2.22 bits per heavy atom. The molecule has 0 bridgehead atoms. The number of thiophene rings is 1. The Kier molecular flexibility index (Phi) is 5.05. The molecule has 0 saturated heterocycles. The molecular formula is C14H16ClNOS. The van der Waals surface area contributed by atoms with Crippen LogP contribution in [0, 0.1) is 0 Å². The summed E-state index contributed by atoms with van der Waals surface area (Å²) in [6.07, 6.45) is 0. The van der Waals surface area contributed by atoms with Gasteiger partial charge in [-0.1, -0.05) is 30.7 Å². The third-order valence-corrected chi connectivity index (χ3v) is 3.67. The molecule has 1 aromatic carbocycles. The lowest BCUT2D eigenvalue weighted by Crippen LogP contribution is -2.11. The summed E-state index contributed by atoms with van der Waals surface area (Å²) in [6.45, 7) is 4.44. The van der Waals surface area contributed by atoms with Crippen molar-refractivity contribution in [1.82, 2.24) is 5.32 Å². The van der Waals surface area contributed by atoms with Crippen LogP contribution < -0.4 is 10.1 Å². The van der Waals surface area contributed by atoms with E-state index < -0.39 is 0 Å². The highest BCUT2D eigenvalue weighted by Gasteiger charge is 2.04. The molecule has 18 heavy (non-hydrogen) atoms. The molecule has 0 amide bonds. The van der Waals surface area contributed by atoms with Crippen molar-refractivity contribution in [2.24, 2.45) is 0 Å². The van der Waals surface area contributed by atoms with Crippen molar-refractivity contribution >= 4 is 22.9 Å². The Bertz CT molecular complexity index is 485. The van der Waals surface area contributed by atoms with Gasteiger partial charge in [-0.2, -0.15) is 0 Å². The van der Waals surface area contributed by atoms with Gasteiger partial charge in [-0.3, -0.25) is 0 Å². The summed E-state index contributed by atoms with van der Waals surface area (Å²) in [5.41, 5.74) is 1.17. The Balaban J connectivity index is 1.96. The second kappa shape index (κ2) is 6.78. The van der Waals surface area contributed by atoms with Crippen LogP contribution in [0.5, 0.6) is 5.75 Å². The fourth-order valence-corrected chi connectivity index (χ4v) is 2.46. The van der Waals surface area contributed by atoms with E-state index in [0.717, 1.165) is 18.8 Å². The van der Waals surface area contributed by atoms with Gasteiger partial charge in [0.05, 0.1) is 5.02 Å². The number of ether oxygens (including phenoxy) is 1. The van der Waals surface area contributed by atoms with Crippen LogP contribution in [0.1, 0.15) is 17.4 Å². The second-order valence-electron chi connectivity index (χ2n) is 3.91. The Labute approximate surface area is 117 Å². The minimum absolute atomic E-state index is 0.573. The van der Waals surface area contributed by atoms with Gasteiger partial charge in [-0.15, -0.1) is 11.3 Å². The first-order valence-corrected chi connectivity index (χ1v) is 7.19. The molecule has 0 aliphatic heterocycles. The van der Waals surface area contributed by atoms with E-state index >= 15 is 0 Å². The first kappa shape index (κ1) is 13.4. The summed E-state index contributed by atoms with van der Waals surface area (Å²) in [5, 5.41) is 5.98. The fourth-order valence-electron chi connectivity index (χ4n) is 1.58. The highest BCUT2D eigenvalue weighted by atomic mass is 35.5. The zero-order valence-corrected chi connectivity index (χ0v) is 11.9. The number of rotatable bonds is 6. The highest BCUT2D eigenvalue weighted by molar-refractivity contribution is 7.09. The lowest BCUT2D eigenvalue weighted by atomic mass is 10.2. The minimum atomic E-state index is 0.573. The van der Waals surface area contributed by atoms with Crippen LogP contribution in [0.4, 0.5) is 0 Å². The molecule has 0 fully saturated rings. The fraction of sp³-hybridized carbons (Fsp3) is 0.286. The van der Waals surface area contributed by atoms with Gasteiger partial charge in [-0.05, 0) is 35.7 Å². The van der Waals surface area contributed by atoms with Crippen LogP contribution in [-0.4, -0.2) is 6.54 Å². The van der Waals surface area contributed by atoms with Crippen LogP contribution >= 0.6 is 22.9 Å². The number of hydrogen-bond donors (Lipinski definition) is 1. The first-order chi connectivity index (χ1) is 8.79. The van der Waals surface area contributed by atoms with Crippen molar-refractivity contribution in [2.75, 3.05) is 6.54 Å². The van der Waals surface area contributed by atoms with Gasteiger partial charge in [-0.25, -0.2) is 0 Å². The summed E-state index contributed by atoms with van der Waals surface area (Å²) < 4.78 is 5.70. The molecule has 4 heteroatoms. The summed E-state index contributed by atoms with van der Waals surface area (Å²) in [5.74, 6) is 0.741. The molecule has 0 atom stereocenters. The third-order valence-electron chi connectivity index (χ3n) is 2.53. The average molecular weight is 282 g/mol. The molecule has 0 saturated carbocycles. The molecular weight excluding hydrogens is 266 g/mol. The van der Waals surface area contributed by atoms with Crippen molar-refractivity contribution in [3.8, 4) is 5.75 Å². The molecule has 2 nitrogen and oxygen atoms in total. The predicted molar refractivity (Wildman–Crippen MR) is 77.5 cm³/mol. The Hall–Kier alpha value is -1.03. The van der Waals surface area contributed by atoms with Gasteiger partial charge >= 0.3 is 0 Å². The third kappa shape index (κ3) is 3.73. The number of nitrogens with one attached hydrogen (secondary N) is 1. The lowest BCUT2D eigenvalue weighted by Gasteiger charge is -2.09. The maximum atomic E-state index is 6.20. The lowest BCUT2D eigenvalue weighted by molar-refractivity contribution is 0.310.